The number of aromatic hydroxyl groups is 1. The van der Waals surface area contributed by atoms with Crippen LogP contribution in [0.2, 0.25) is 0 Å². The summed E-state index contributed by atoms with van der Waals surface area (Å²) in [7, 11) is 0. The Kier molecular flexibility index (Phi) is 9.97. The number of aliphatic hydroxyl groups excluding tert-OH is 1. The van der Waals surface area contributed by atoms with Crippen molar-refractivity contribution >= 4 is 29.7 Å². The molecule has 4 unspecified atom stereocenters. The summed E-state index contributed by atoms with van der Waals surface area (Å²) in [6, 6.07) is 1.16. The van der Waals surface area contributed by atoms with Crippen LogP contribution in [0.15, 0.2) is 24.3 Å². The number of carbonyl (C=O) groups excluding carboxylic acids is 3. The number of carboxylic acid groups (broad SMARTS) is 2. The molecule has 35 heavy (non-hydrogen) atoms. The van der Waals surface area contributed by atoms with Gasteiger partial charge in [0.1, 0.15) is 23.9 Å². The van der Waals surface area contributed by atoms with Gasteiger partial charge in [-0.1, -0.05) is 12.1 Å². The Balaban J connectivity index is 2.00. The summed E-state index contributed by atoms with van der Waals surface area (Å²) in [5, 5.41) is 41.7. The van der Waals surface area contributed by atoms with Gasteiger partial charge in [0.2, 0.25) is 17.7 Å². The topological polar surface area (TPSA) is 220 Å². The molecule has 1 heterocycles. The molecule has 0 bridgehead atoms. The lowest BCUT2D eigenvalue weighted by Gasteiger charge is -2.29. The van der Waals surface area contributed by atoms with Crippen molar-refractivity contribution in [1.29, 1.82) is 0 Å². The van der Waals surface area contributed by atoms with Crippen LogP contribution in [0, 0.1) is 0 Å². The number of phenols is 1. The molecule has 4 atom stereocenters. The molecule has 13 heteroatoms. The summed E-state index contributed by atoms with van der Waals surface area (Å²) >= 11 is 0. The minimum atomic E-state index is -1.44. The van der Waals surface area contributed by atoms with Crippen LogP contribution in [0.5, 0.6) is 5.75 Å². The zero-order valence-corrected chi connectivity index (χ0v) is 18.9. The molecule has 2 rings (SSSR count). The molecule has 0 aromatic heterocycles. The molecule has 1 fully saturated rings. The van der Waals surface area contributed by atoms with Crippen molar-refractivity contribution in [2.45, 2.75) is 56.3 Å². The molecule has 13 nitrogen and oxygen atoms in total. The van der Waals surface area contributed by atoms with Gasteiger partial charge in [-0.15, -0.1) is 0 Å². The minimum Gasteiger partial charge on any atom is -0.508 e. The number of aliphatic carboxylic acids is 2. The summed E-state index contributed by atoms with van der Waals surface area (Å²) in [4.78, 5) is 61.4. The lowest BCUT2D eigenvalue weighted by atomic mass is 10.1. The van der Waals surface area contributed by atoms with Gasteiger partial charge in [-0.05, 0) is 43.4 Å². The smallest absolute Gasteiger partial charge is 0.326 e. The Morgan fingerprint density at radius 2 is 1.71 bits per heavy atom. The monoisotopic (exact) mass is 494 g/mol. The molecule has 0 spiro atoms. The molecule has 8 N–H and O–H groups in total. The van der Waals surface area contributed by atoms with Crippen LogP contribution in [0.25, 0.3) is 0 Å². The van der Waals surface area contributed by atoms with Crippen LogP contribution < -0.4 is 16.4 Å². The molecule has 1 aromatic carbocycles. The highest BCUT2D eigenvalue weighted by atomic mass is 16.4. The number of nitrogens with one attached hydrogen (secondary N) is 2. The molecule has 0 aliphatic carbocycles. The molecule has 1 aliphatic rings. The van der Waals surface area contributed by atoms with Gasteiger partial charge in [0.05, 0.1) is 12.6 Å². The first-order valence-corrected chi connectivity index (χ1v) is 11.0. The second-order valence-corrected chi connectivity index (χ2v) is 8.24. The number of rotatable bonds is 12. The predicted molar refractivity (Wildman–Crippen MR) is 120 cm³/mol. The Morgan fingerprint density at radius 1 is 1.06 bits per heavy atom. The summed E-state index contributed by atoms with van der Waals surface area (Å²) < 4.78 is 0. The molecule has 192 valence electrons. The molecule has 0 radical (unpaired) electrons. The second kappa shape index (κ2) is 12.7. The van der Waals surface area contributed by atoms with Gasteiger partial charge in [-0.2, -0.15) is 0 Å². The maximum atomic E-state index is 13.0. The van der Waals surface area contributed by atoms with Crippen molar-refractivity contribution in [2.75, 3.05) is 13.2 Å². The van der Waals surface area contributed by atoms with Crippen LogP contribution in [0.1, 0.15) is 31.2 Å². The normalized spacial score (nSPS) is 17.8. The van der Waals surface area contributed by atoms with Crippen LogP contribution in [-0.4, -0.2) is 92.3 Å². The first-order chi connectivity index (χ1) is 16.5. The first-order valence-electron chi connectivity index (χ1n) is 11.0. The largest absolute Gasteiger partial charge is 0.508 e. The molecule has 0 saturated carbocycles. The Labute approximate surface area is 200 Å². The second-order valence-electron chi connectivity index (χ2n) is 8.24. The molecule has 3 amide bonds. The van der Waals surface area contributed by atoms with Crippen molar-refractivity contribution in [3.05, 3.63) is 29.8 Å². The Morgan fingerprint density at radius 3 is 2.29 bits per heavy atom. The first kappa shape index (κ1) is 27.5. The number of hydrogen-bond acceptors (Lipinski definition) is 8. The zero-order chi connectivity index (χ0) is 26.1. The lowest BCUT2D eigenvalue weighted by Crippen LogP contribution is -2.58. The number of nitrogens with two attached hydrogens (primary N) is 1. The summed E-state index contributed by atoms with van der Waals surface area (Å²) in [5.74, 6) is -4.76. The number of phenolic OH excluding ortho intramolecular Hbond substituents is 1. The summed E-state index contributed by atoms with van der Waals surface area (Å²) in [5.41, 5.74) is 6.58. The number of likely N-dealkylation sites (tertiary alicyclic amines) is 1. The van der Waals surface area contributed by atoms with E-state index in [0.717, 1.165) is 4.90 Å². The van der Waals surface area contributed by atoms with Crippen molar-refractivity contribution in [3.8, 4) is 5.75 Å². The highest BCUT2D eigenvalue weighted by molar-refractivity contribution is 5.94. The average molecular weight is 495 g/mol. The third kappa shape index (κ3) is 7.93. The summed E-state index contributed by atoms with van der Waals surface area (Å²) in [6.45, 7) is -0.604. The molecular weight excluding hydrogens is 464 g/mol. The standard InChI is InChI=1S/C22H30N4O9/c23-14(10-12-3-5-13(28)6-4-12)19(31)25-16(11-27)21(33)26-9-1-2-17(26)20(32)24-15(22(34)35)7-8-18(29)30/h3-6,14-17,27-28H,1-2,7-11,23H2,(H,24,32)(H,25,31)(H,29,30)(H,34,35). The van der Waals surface area contributed by atoms with Gasteiger partial charge >= 0.3 is 11.9 Å². The number of hydrogen-bond donors (Lipinski definition) is 7. The van der Waals surface area contributed by atoms with Crippen molar-refractivity contribution in [1.82, 2.24) is 15.5 Å². The van der Waals surface area contributed by atoms with E-state index in [9.17, 15) is 39.3 Å². The number of nitrogens with zero attached hydrogens (tertiary/aromatic N) is 1. The Hall–Kier alpha value is -3.71. The van der Waals surface area contributed by atoms with Crippen molar-refractivity contribution in [2.24, 2.45) is 5.73 Å². The van der Waals surface area contributed by atoms with Crippen molar-refractivity contribution in [3.63, 3.8) is 0 Å². The highest BCUT2D eigenvalue weighted by Crippen LogP contribution is 2.19. The van der Waals surface area contributed by atoms with E-state index in [4.69, 9.17) is 10.8 Å². The van der Waals surface area contributed by atoms with Crippen molar-refractivity contribution < 1.29 is 44.4 Å². The maximum absolute atomic E-state index is 13.0. The third-order valence-electron chi connectivity index (χ3n) is 5.63. The molecule has 1 aliphatic heterocycles. The Bertz CT molecular complexity index is 937. The van der Waals surface area contributed by atoms with Gasteiger partial charge < -0.3 is 41.7 Å². The van der Waals surface area contributed by atoms with Crippen LogP contribution in [0.3, 0.4) is 0 Å². The SMILES string of the molecule is NC(Cc1ccc(O)cc1)C(=O)NC(CO)C(=O)N1CCCC1C(=O)NC(CCC(=O)O)C(=O)O. The van der Waals surface area contributed by atoms with Gasteiger partial charge in [0.25, 0.3) is 0 Å². The van der Waals surface area contributed by atoms with Gasteiger partial charge in [0, 0.05) is 13.0 Å². The molecule has 1 saturated heterocycles. The van der Waals surface area contributed by atoms with E-state index >= 15 is 0 Å². The number of carboxylic acids is 2. The fourth-order valence-corrected chi connectivity index (χ4v) is 3.74. The van der Waals surface area contributed by atoms with E-state index in [0.29, 0.717) is 12.0 Å². The van der Waals surface area contributed by atoms with Gasteiger partial charge in [-0.25, -0.2) is 4.79 Å². The fourth-order valence-electron chi connectivity index (χ4n) is 3.74. The van der Waals surface area contributed by atoms with Gasteiger partial charge in [0.15, 0.2) is 0 Å². The molecule has 1 aromatic rings. The average Bonchev–Trinajstić information content (AvgIpc) is 3.30. The van der Waals surface area contributed by atoms with Crippen LogP contribution in [0.4, 0.5) is 0 Å². The number of benzene rings is 1. The van der Waals surface area contributed by atoms with E-state index < -0.39 is 66.9 Å². The van der Waals surface area contributed by atoms with E-state index in [2.05, 4.69) is 10.6 Å². The van der Waals surface area contributed by atoms with E-state index in [1.54, 1.807) is 12.1 Å². The van der Waals surface area contributed by atoms with E-state index in [-0.39, 0.29) is 31.6 Å². The van der Waals surface area contributed by atoms with E-state index in [1.807, 2.05) is 0 Å². The highest BCUT2D eigenvalue weighted by Gasteiger charge is 2.39. The zero-order valence-electron chi connectivity index (χ0n) is 18.9. The maximum Gasteiger partial charge on any atom is 0.326 e. The molecular formula is C22H30N4O9. The fraction of sp³-hybridized carbons (Fsp3) is 0.500. The number of amides is 3. The number of aliphatic hydroxyl groups is 1. The van der Waals surface area contributed by atoms with Crippen LogP contribution in [-0.2, 0) is 30.4 Å². The predicted octanol–water partition coefficient (Wildman–Crippen LogP) is -1.84. The lowest BCUT2D eigenvalue weighted by molar-refractivity contribution is -0.145. The van der Waals surface area contributed by atoms with Crippen LogP contribution >= 0.6 is 0 Å². The van der Waals surface area contributed by atoms with E-state index in [1.165, 1.54) is 12.1 Å². The quantitative estimate of drug-likeness (QED) is 0.172. The number of carbonyl (C=O) groups is 5. The minimum absolute atomic E-state index is 0.0541. The summed E-state index contributed by atoms with van der Waals surface area (Å²) in [6.07, 6.45) is -0.0164. The third-order valence-corrected chi connectivity index (χ3v) is 5.63. The van der Waals surface area contributed by atoms with Gasteiger partial charge in [-0.3, -0.25) is 19.2 Å².